The Morgan fingerprint density at radius 1 is 1.42 bits per heavy atom. The number of carboxylic acid groups (broad SMARTS) is 1. The van der Waals surface area contributed by atoms with E-state index >= 15 is 0 Å². The lowest BCUT2D eigenvalue weighted by Crippen LogP contribution is -2.39. The van der Waals surface area contributed by atoms with Gasteiger partial charge in [-0.1, -0.05) is 0 Å². The standard InChI is InChI=1S/C12H17N3O4/c16-11-8-9(12(17)18)7-10(14-11)13-1-2-15-3-5-19-6-4-15/h7-8H,1-6H2,(H,17,18)(H2,13,14,16). The first-order valence-electron chi connectivity index (χ1n) is 6.17. The van der Waals surface area contributed by atoms with Gasteiger partial charge in [-0.3, -0.25) is 9.69 Å². The molecular formula is C12H17N3O4. The molecule has 0 spiro atoms. The summed E-state index contributed by atoms with van der Waals surface area (Å²) in [6.07, 6.45) is 0. The quantitative estimate of drug-likeness (QED) is 0.685. The van der Waals surface area contributed by atoms with Crippen LogP contribution in [0.3, 0.4) is 0 Å². The molecule has 3 N–H and O–H groups in total. The fourth-order valence-corrected chi connectivity index (χ4v) is 1.94. The van der Waals surface area contributed by atoms with Crippen molar-refractivity contribution in [3.63, 3.8) is 0 Å². The van der Waals surface area contributed by atoms with Crippen LogP contribution in [0.1, 0.15) is 10.4 Å². The highest BCUT2D eigenvalue weighted by molar-refractivity contribution is 5.88. The Hall–Kier alpha value is -1.86. The van der Waals surface area contributed by atoms with Crippen molar-refractivity contribution in [3.8, 4) is 0 Å². The molecule has 19 heavy (non-hydrogen) atoms. The number of aromatic carboxylic acids is 1. The van der Waals surface area contributed by atoms with E-state index in [1.165, 1.54) is 6.07 Å². The molecule has 1 aliphatic heterocycles. The molecule has 0 saturated carbocycles. The smallest absolute Gasteiger partial charge is 0.336 e. The van der Waals surface area contributed by atoms with E-state index in [1.54, 1.807) is 0 Å². The number of pyridine rings is 1. The van der Waals surface area contributed by atoms with Crippen LogP contribution in [0.25, 0.3) is 0 Å². The molecular weight excluding hydrogens is 250 g/mol. The molecule has 0 aromatic carbocycles. The molecule has 0 aliphatic carbocycles. The Kier molecular flexibility index (Phi) is 4.53. The van der Waals surface area contributed by atoms with E-state index in [1.807, 2.05) is 0 Å². The van der Waals surface area contributed by atoms with Gasteiger partial charge in [-0.15, -0.1) is 0 Å². The Morgan fingerprint density at radius 2 is 2.16 bits per heavy atom. The highest BCUT2D eigenvalue weighted by atomic mass is 16.5. The third-order valence-corrected chi connectivity index (χ3v) is 2.94. The zero-order chi connectivity index (χ0) is 13.7. The minimum absolute atomic E-state index is 0.0161. The molecule has 0 atom stereocenters. The summed E-state index contributed by atoms with van der Waals surface area (Å²) in [5, 5.41) is 11.9. The number of nitrogens with zero attached hydrogens (tertiary/aromatic N) is 1. The molecule has 1 aromatic heterocycles. The predicted octanol–water partition coefficient (Wildman–Crippen LogP) is -0.183. The molecule has 2 heterocycles. The number of hydrogen-bond donors (Lipinski definition) is 3. The van der Waals surface area contributed by atoms with Gasteiger partial charge < -0.3 is 20.1 Å². The number of carboxylic acids is 1. The number of ether oxygens (including phenoxy) is 1. The van der Waals surface area contributed by atoms with Gasteiger partial charge in [0.1, 0.15) is 5.82 Å². The zero-order valence-corrected chi connectivity index (χ0v) is 10.5. The van der Waals surface area contributed by atoms with Crippen molar-refractivity contribution in [2.45, 2.75) is 0 Å². The van der Waals surface area contributed by atoms with Crippen LogP contribution in [-0.2, 0) is 4.74 Å². The maximum atomic E-state index is 11.3. The minimum Gasteiger partial charge on any atom is -0.478 e. The lowest BCUT2D eigenvalue weighted by atomic mass is 10.2. The minimum atomic E-state index is -1.11. The third kappa shape index (κ3) is 4.08. The highest BCUT2D eigenvalue weighted by Gasteiger charge is 2.10. The van der Waals surface area contributed by atoms with Crippen molar-refractivity contribution in [3.05, 3.63) is 28.0 Å². The van der Waals surface area contributed by atoms with Crippen molar-refractivity contribution in [2.24, 2.45) is 0 Å². The van der Waals surface area contributed by atoms with Crippen molar-refractivity contribution in [2.75, 3.05) is 44.7 Å². The van der Waals surface area contributed by atoms with Crippen LogP contribution >= 0.6 is 0 Å². The largest absolute Gasteiger partial charge is 0.478 e. The molecule has 0 unspecified atom stereocenters. The number of morpholine rings is 1. The summed E-state index contributed by atoms with van der Waals surface area (Å²) in [6.45, 7) is 4.74. The summed E-state index contributed by atoms with van der Waals surface area (Å²) in [6, 6.07) is 2.48. The first-order valence-corrected chi connectivity index (χ1v) is 6.17. The third-order valence-electron chi connectivity index (χ3n) is 2.94. The van der Waals surface area contributed by atoms with Gasteiger partial charge >= 0.3 is 5.97 Å². The maximum Gasteiger partial charge on any atom is 0.336 e. The number of H-pyrrole nitrogens is 1. The molecule has 2 rings (SSSR count). The van der Waals surface area contributed by atoms with Crippen molar-refractivity contribution in [1.29, 1.82) is 0 Å². The first kappa shape index (κ1) is 13.6. The molecule has 1 saturated heterocycles. The van der Waals surface area contributed by atoms with Gasteiger partial charge in [0, 0.05) is 32.2 Å². The molecule has 7 heteroatoms. The molecule has 1 aliphatic rings. The number of anilines is 1. The molecule has 7 nitrogen and oxygen atoms in total. The van der Waals surface area contributed by atoms with Gasteiger partial charge in [-0.2, -0.15) is 0 Å². The van der Waals surface area contributed by atoms with Gasteiger partial charge in [0.2, 0.25) is 5.56 Å². The molecule has 0 bridgehead atoms. The van der Waals surface area contributed by atoms with Crippen LogP contribution < -0.4 is 10.9 Å². The molecule has 0 amide bonds. The van der Waals surface area contributed by atoms with Crippen LogP contribution in [-0.4, -0.2) is 60.4 Å². The Morgan fingerprint density at radius 3 is 2.84 bits per heavy atom. The second-order valence-electron chi connectivity index (χ2n) is 4.33. The number of nitrogens with one attached hydrogen (secondary N) is 2. The number of carbonyl (C=O) groups is 1. The van der Waals surface area contributed by atoms with E-state index in [4.69, 9.17) is 9.84 Å². The fraction of sp³-hybridized carbons (Fsp3) is 0.500. The Bertz CT molecular complexity index is 494. The van der Waals surface area contributed by atoms with Gasteiger partial charge in [0.25, 0.3) is 0 Å². The van der Waals surface area contributed by atoms with Crippen molar-refractivity contribution >= 4 is 11.8 Å². The van der Waals surface area contributed by atoms with Crippen LogP contribution in [0.15, 0.2) is 16.9 Å². The lowest BCUT2D eigenvalue weighted by Gasteiger charge is -2.26. The van der Waals surface area contributed by atoms with Crippen LogP contribution in [0.4, 0.5) is 5.82 Å². The first-order chi connectivity index (χ1) is 9.15. The molecule has 1 aromatic rings. The van der Waals surface area contributed by atoms with Crippen molar-refractivity contribution in [1.82, 2.24) is 9.88 Å². The maximum absolute atomic E-state index is 11.3. The van der Waals surface area contributed by atoms with E-state index in [2.05, 4.69) is 15.2 Å². The average Bonchev–Trinajstić information content (AvgIpc) is 2.39. The van der Waals surface area contributed by atoms with Gasteiger partial charge in [-0.25, -0.2) is 4.79 Å². The van der Waals surface area contributed by atoms with E-state index in [-0.39, 0.29) is 5.56 Å². The number of aromatic amines is 1. The van der Waals surface area contributed by atoms with E-state index in [9.17, 15) is 9.59 Å². The highest BCUT2D eigenvalue weighted by Crippen LogP contribution is 2.04. The van der Waals surface area contributed by atoms with E-state index in [0.717, 1.165) is 38.9 Å². The van der Waals surface area contributed by atoms with Crippen LogP contribution in [0.2, 0.25) is 0 Å². The summed E-state index contributed by atoms with van der Waals surface area (Å²) in [5.41, 5.74) is -0.439. The zero-order valence-electron chi connectivity index (χ0n) is 10.5. The van der Waals surface area contributed by atoms with Gasteiger partial charge in [0.15, 0.2) is 0 Å². The van der Waals surface area contributed by atoms with E-state index in [0.29, 0.717) is 12.4 Å². The van der Waals surface area contributed by atoms with Crippen LogP contribution in [0.5, 0.6) is 0 Å². The van der Waals surface area contributed by atoms with Crippen LogP contribution in [0, 0.1) is 0 Å². The number of aromatic nitrogens is 1. The summed E-state index contributed by atoms with van der Waals surface area (Å²) in [5.74, 6) is -0.680. The van der Waals surface area contributed by atoms with E-state index < -0.39 is 11.5 Å². The number of rotatable bonds is 5. The lowest BCUT2D eigenvalue weighted by molar-refractivity contribution is 0.0398. The average molecular weight is 267 g/mol. The van der Waals surface area contributed by atoms with Gasteiger partial charge in [-0.05, 0) is 6.07 Å². The van der Waals surface area contributed by atoms with Gasteiger partial charge in [0.05, 0.1) is 18.8 Å². The fourth-order valence-electron chi connectivity index (χ4n) is 1.94. The summed E-state index contributed by atoms with van der Waals surface area (Å²) < 4.78 is 5.25. The molecule has 0 radical (unpaired) electrons. The summed E-state index contributed by atoms with van der Waals surface area (Å²) >= 11 is 0. The monoisotopic (exact) mass is 267 g/mol. The summed E-state index contributed by atoms with van der Waals surface area (Å²) in [4.78, 5) is 26.9. The second-order valence-corrected chi connectivity index (χ2v) is 4.33. The Balaban J connectivity index is 1.88. The normalized spacial score (nSPS) is 16.2. The number of hydrogen-bond acceptors (Lipinski definition) is 5. The Labute approximate surface area is 110 Å². The predicted molar refractivity (Wildman–Crippen MR) is 69.8 cm³/mol. The SMILES string of the molecule is O=C(O)c1cc(NCCN2CCOCC2)[nH]c(=O)c1. The molecule has 1 fully saturated rings. The second kappa shape index (κ2) is 6.35. The topological polar surface area (TPSA) is 94.7 Å². The van der Waals surface area contributed by atoms with Crippen molar-refractivity contribution < 1.29 is 14.6 Å². The summed E-state index contributed by atoms with van der Waals surface area (Å²) in [7, 11) is 0. The molecule has 104 valence electrons.